The number of methoxy groups -OCH3 is 2. The van der Waals surface area contributed by atoms with Crippen LogP contribution < -0.4 is 4.74 Å². The van der Waals surface area contributed by atoms with Gasteiger partial charge in [-0.25, -0.2) is 0 Å². The molecule has 0 aliphatic rings. The van der Waals surface area contributed by atoms with Crippen molar-refractivity contribution >= 4 is 21.9 Å². The molecule has 0 spiro atoms. The van der Waals surface area contributed by atoms with Crippen molar-refractivity contribution in [2.75, 3.05) is 14.2 Å². The van der Waals surface area contributed by atoms with Gasteiger partial charge in [-0.05, 0) is 24.6 Å². The quantitative estimate of drug-likeness (QED) is 0.794. The Balaban J connectivity index is 3.00. The van der Waals surface area contributed by atoms with Crippen LogP contribution >= 0.6 is 15.9 Å². The Morgan fingerprint density at radius 3 is 2.60 bits per heavy atom. The maximum Gasteiger partial charge on any atom is 0.309 e. The molecule has 0 bridgehead atoms. The first kappa shape index (κ1) is 12.0. The predicted molar refractivity (Wildman–Crippen MR) is 61.2 cm³/mol. The van der Waals surface area contributed by atoms with Gasteiger partial charge in [-0.15, -0.1) is 0 Å². The Kier molecular flexibility index (Phi) is 4.15. The molecule has 0 aliphatic heterocycles. The molecular formula is C11H13BrO3. The van der Waals surface area contributed by atoms with Crippen LogP contribution in [0.2, 0.25) is 0 Å². The van der Waals surface area contributed by atoms with Gasteiger partial charge in [0.05, 0.1) is 20.6 Å². The first-order chi connectivity index (χ1) is 7.08. The van der Waals surface area contributed by atoms with Crippen LogP contribution in [-0.2, 0) is 16.0 Å². The van der Waals surface area contributed by atoms with E-state index in [1.165, 1.54) is 7.11 Å². The Hall–Kier alpha value is -1.03. The van der Waals surface area contributed by atoms with Gasteiger partial charge < -0.3 is 9.47 Å². The van der Waals surface area contributed by atoms with Gasteiger partial charge in [-0.3, -0.25) is 4.79 Å². The molecule has 0 unspecified atom stereocenters. The smallest absolute Gasteiger partial charge is 0.309 e. The van der Waals surface area contributed by atoms with Gasteiger partial charge in [0.15, 0.2) is 0 Å². The van der Waals surface area contributed by atoms with E-state index < -0.39 is 0 Å². The van der Waals surface area contributed by atoms with Crippen molar-refractivity contribution in [3.8, 4) is 5.75 Å². The average Bonchev–Trinajstić information content (AvgIpc) is 2.22. The number of ether oxygens (including phenoxy) is 2. The molecule has 15 heavy (non-hydrogen) atoms. The normalized spacial score (nSPS) is 9.87. The highest BCUT2D eigenvalue weighted by atomic mass is 79.9. The fraction of sp³-hybridized carbons (Fsp3) is 0.364. The van der Waals surface area contributed by atoms with Crippen LogP contribution in [0.25, 0.3) is 0 Å². The van der Waals surface area contributed by atoms with E-state index in [-0.39, 0.29) is 12.4 Å². The Labute approximate surface area is 97.5 Å². The van der Waals surface area contributed by atoms with Crippen molar-refractivity contribution in [1.29, 1.82) is 0 Å². The third-order valence-electron chi connectivity index (χ3n) is 2.15. The van der Waals surface area contributed by atoms with E-state index in [1.54, 1.807) is 7.11 Å². The van der Waals surface area contributed by atoms with E-state index in [4.69, 9.17) is 4.74 Å². The van der Waals surface area contributed by atoms with Crippen LogP contribution in [0.3, 0.4) is 0 Å². The lowest BCUT2D eigenvalue weighted by Gasteiger charge is -2.09. The number of esters is 1. The third-order valence-corrected chi connectivity index (χ3v) is 2.98. The number of rotatable bonds is 3. The van der Waals surface area contributed by atoms with E-state index in [9.17, 15) is 4.79 Å². The van der Waals surface area contributed by atoms with Crippen LogP contribution in [0.1, 0.15) is 11.1 Å². The summed E-state index contributed by atoms with van der Waals surface area (Å²) in [6.45, 7) is 1.95. The second kappa shape index (κ2) is 5.16. The lowest BCUT2D eigenvalue weighted by atomic mass is 10.1. The molecule has 3 nitrogen and oxygen atoms in total. The molecule has 0 atom stereocenters. The molecule has 0 aromatic heterocycles. The van der Waals surface area contributed by atoms with Gasteiger partial charge in [0, 0.05) is 10.0 Å². The highest BCUT2D eigenvalue weighted by Crippen LogP contribution is 2.28. The minimum Gasteiger partial charge on any atom is -0.496 e. The number of carbonyl (C=O) groups is 1. The number of hydrogen-bond donors (Lipinski definition) is 0. The number of carbonyl (C=O) groups excluding carboxylic acids is 1. The summed E-state index contributed by atoms with van der Waals surface area (Å²) >= 11 is 3.42. The molecule has 0 aliphatic carbocycles. The van der Waals surface area contributed by atoms with Crippen LogP contribution in [0.15, 0.2) is 16.6 Å². The highest BCUT2D eigenvalue weighted by molar-refractivity contribution is 9.10. The Morgan fingerprint density at radius 1 is 1.40 bits per heavy atom. The summed E-state index contributed by atoms with van der Waals surface area (Å²) in [5.41, 5.74) is 1.89. The van der Waals surface area contributed by atoms with Gasteiger partial charge in [0.1, 0.15) is 5.75 Å². The number of hydrogen-bond acceptors (Lipinski definition) is 3. The average molecular weight is 273 g/mol. The third kappa shape index (κ3) is 2.96. The Morgan fingerprint density at radius 2 is 2.07 bits per heavy atom. The second-order valence-electron chi connectivity index (χ2n) is 3.16. The first-order valence-corrected chi connectivity index (χ1v) is 5.27. The molecule has 0 amide bonds. The summed E-state index contributed by atoms with van der Waals surface area (Å²) < 4.78 is 10.7. The summed E-state index contributed by atoms with van der Waals surface area (Å²) in [4.78, 5) is 11.1. The molecule has 0 saturated heterocycles. The summed E-state index contributed by atoms with van der Waals surface area (Å²) in [5.74, 6) is 0.510. The van der Waals surface area contributed by atoms with Gasteiger partial charge in [0.2, 0.25) is 0 Å². The zero-order valence-electron chi connectivity index (χ0n) is 8.96. The zero-order valence-corrected chi connectivity index (χ0v) is 10.6. The largest absolute Gasteiger partial charge is 0.496 e. The molecular weight excluding hydrogens is 260 g/mol. The standard InChI is InChI=1S/C11H13BrO3/c1-7-9(12)4-8(5-10(7)14-2)6-11(13)15-3/h4-5H,6H2,1-3H3. The summed E-state index contributed by atoms with van der Waals surface area (Å²) in [5, 5.41) is 0. The molecule has 0 fully saturated rings. The monoisotopic (exact) mass is 272 g/mol. The van der Waals surface area contributed by atoms with Crippen molar-refractivity contribution in [3.05, 3.63) is 27.7 Å². The van der Waals surface area contributed by atoms with Crippen molar-refractivity contribution in [2.45, 2.75) is 13.3 Å². The van der Waals surface area contributed by atoms with E-state index in [0.717, 1.165) is 21.3 Å². The fourth-order valence-electron chi connectivity index (χ4n) is 1.26. The van der Waals surface area contributed by atoms with Crippen molar-refractivity contribution in [1.82, 2.24) is 0 Å². The maximum absolute atomic E-state index is 11.1. The molecule has 0 radical (unpaired) electrons. The summed E-state index contributed by atoms with van der Waals surface area (Å²) in [7, 11) is 2.99. The SMILES string of the molecule is COC(=O)Cc1cc(Br)c(C)c(OC)c1. The first-order valence-electron chi connectivity index (χ1n) is 4.48. The predicted octanol–water partition coefficient (Wildman–Crippen LogP) is 2.48. The molecule has 1 rings (SSSR count). The number of halogens is 1. The van der Waals surface area contributed by atoms with Crippen molar-refractivity contribution in [3.63, 3.8) is 0 Å². The topological polar surface area (TPSA) is 35.5 Å². The molecule has 0 saturated carbocycles. The molecule has 0 N–H and O–H groups in total. The van der Waals surface area contributed by atoms with Crippen LogP contribution in [0.4, 0.5) is 0 Å². The maximum atomic E-state index is 11.1. The molecule has 82 valence electrons. The van der Waals surface area contributed by atoms with Crippen molar-refractivity contribution < 1.29 is 14.3 Å². The van der Waals surface area contributed by atoms with Gasteiger partial charge in [0.25, 0.3) is 0 Å². The van der Waals surface area contributed by atoms with Gasteiger partial charge >= 0.3 is 5.97 Å². The van der Waals surface area contributed by atoms with Crippen LogP contribution in [0.5, 0.6) is 5.75 Å². The van der Waals surface area contributed by atoms with Gasteiger partial charge in [-0.1, -0.05) is 15.9 Å². The number of benzene rings is 1. The van der Waals surface area contributed by atoms with E-state index in [2.05, 4.69) is 20.7 Å². The van der Waals surface area contributed by atoms with E-state index in [0.29, 0.717) is 0 Å². The van der Waals surface area contributed by atoms with E-state index >= 15 is 0 Å². The summed E-state index contributed by atoms with van der Waals surface area (Å²) in [6, 6.07) is 3.74. The lowest BCUT2D eigenvalue weighted by Crippen LogP contribution is -2.05. The van der Waals surface area contributed by atoms with E-state index in [1.807, 2.05) is 19.1 Å². The zero-order chi connectivity index (χ0) is 11.4. The summed E-state index contributed by atoms with van der Waals surface area (Å²) in [6.07, 6.45) is 0.256. The molecule has 1 aromatic rings. The molecule has 4 heteroatoms. The lowest BCUT2D eigenvalue weighted by molar-refractivity contribution is -0.139. The second-order valence-corrected chi connectivity index (χ2v) is 4.01. The van der Waals surface area contributed by atoms with Gasteiger partial charge in [-0.2, -0.15) is 0 Å². The molecule has 1 aromatic carbocycles. The molecule has 0 heterocycles. The minimum atomic E-state index is -0.257. The van der Waals surface area contributed by atoms with Crippen LogP contribution in [-0.4, -0.2) is 20.2 Å². The minimum absolute atomic E-state index is 0.256. The van der Waals surface area contributed by atoms with Crippen LogP contribution in [0, 0.1) is 6.92 Å². The van der Waals surface area contributed by atoms with Crippen molar-refractivity contribution in [2.24, 2.45) is 0 Å². The highest BCUT2D eigenvalue weighted by Gasteiger charge is 2.09. The fourth-order valence-corrected chi connectivity index (χ4v) is 1.75. The Bertz CT molecular complexity index is 374.